The fourth-order valence-electron chi connectivity index (χ4n) is 16.3. The first-order valence-corrected chi connectivity index (χ1v) is 55.4. The van der Waals surface area contributed by atoms with Crippen molar-refractivity contribution in [1.29, 1.82) is 5.41 Å². The molecule has 1 unspecified atom stereocenters. The van der Waals surface area contributed by atoms with Crippen LogP contribution in [0.15, 0.2) is 113 Å². The summed E-state index contributed by atoms with van der Waals surface area (Å²) in [6, 6.07) is 16.4. The minimum atomic E-state index is -4.63. The van der Waals surface area contributed by atoms with Crippen molar-refractivity contribution in [2.75, 3.05) is 106 Å². The Hall–Kier alpha value is -12.5. The molecule has 5 aromatic carbocycles. The molecule has 5 aromatic rings. The molecule has 2 aliphatic rings. The number of ketones is 5. The predicted octanol–water partition coefficient (Wildman–Crippen LogP) is 1.03. The number of carbonyl (C=O) groups is 19. The number of benzene rings is 5. The van der Waals surface area contributed by atoms with Crippen LogP contribution in [-0.2, 0) is 118 Å². The minimum Gasteiger partial charge on any atom is -0.481 e. The molecule has 0 radical (unpaired) electrons. The van der Waals surface area contributed by atoms with E-state index < -0.39 is 250 Å². The highest BCUT2D eigenvalue weighted by Gasteiger charge is 2.38. The quantitative estimate of drug-likeness (QED) is 0.00850. The van der Waals surface area contributed by atoms with Crippen molar-refractivity contribution >= 4 is 204 Å². The number of thioether (sulfide) groups is 1. The van der Waals surface area contributed by atoms with E-state index in [2.05, 4.69) is 79.8 Å². The molecule has 810 valence electrons. The molecular weight excluding hydrogens is 2020 g/mol. The maximum atomic E-state index is 15.2. The molecule has 9 atom stereocenters. The van der Waals surface area contributed by atoms with Crippen molar-refractivity contribution < 1.29 is 122 Å². The van der Waals surface area contributed by atoms with E-state index >= 15 is 19.2 Å². The molecule has 13 amide bonds. The summed E-state index contributed by atoms with van der Waals surface area (Å²) in [4.78, 5) is 264. The summed E-state index contributed by atoms with van der Waals surface area (Å²) in [6.07, 6.45) is -4.17. The van der Waals surface area contributed by atoms with Gasteiger partial charge in [0.25, 0.3) is 20.2 Å². The van der Waals surface area contributed by atoms with Gasteiger partial charge in [-0.25, -0.2) is 0 Å². The largest absolute Gasteiger partial charge is 0.481 e. The van der Waals surface area contributed by atoms with Gasteiger partial charge in [0.05, 0.1) is 42.8 Å². The predicted molar refractivity (Wildman–Crippen MR) is 556 cm³/mol. The van der Waals surface area contributed by atoms with Crippen molar-refractivity contribution in [1.82, 2.24) is 69.1 Å². The summed E-state index contributed by atoms with van der Waals surface area (Å²) in [7, 11) is -7.39. The zero-order valence-corrected chi connectivity index (χ0v) is 86.2. The molecule has 7 rings (SSSR count). The number of hydrogen-bond acceptors (Lipinski definition) is 31. The van der Waals surface area contributed by atoms with Gasteiger partial charge < -0.3 is 108 Å². The van der Waals surface area contributed by atoms with E-state index in [9.17, 15) is 103 Å². The molecule has 0 aliphatic carbocycles. The topological polar surface area (TPSA) is 762 Å². The first kappa shape index (κ1) is 122. The lowest BCUT2D eigenvalue weighted by Gasteiger charge is -2.26. The average molecular weight is 2160 g/mol. The number of hydrogen-bond donors (Lipinski definition) is 23. The lowest BCUT2D eigenvalue weighted by Crippen LogP contribution is -2.53. The third-order valence-electron chi connectivity index (χ3n) is 24.0. The van der Waals surface area contributed by atoms with E-state index in [1.54, 1.807) is 42.5 Å². The number of carboxylic acid groups (broad SMARTS) is 1. The van der Waals surface area contributed by atoms with Gasteiger partial charge in [-0.1, -0.05) is 88.3 Å². The van der Waals surface area contributed by atoms with Gasteiger partial charge in [0.15, 0.2) is 29.1 Å². The number of amides is 13. The van der Waals surface area contributed by atoms with Crippen LogP contribution in [0.3, 0.4) is 0 Å². The zero-order valence-electron chi connectivity index (χ0n) is 82.2. The van der Waals surface area contributed by atoms with E-state index in [1.807, 2.05) is 0 Å². The highest BCUT2D eigenvalue weighted by molar-refractivity contribution is 8.76. The Balaban J connectivity index is 1.10. The molecular formula is C97H136N20O26S5. The molecule has 0 saturated carbocycles. The van der Waals surface area contributed by atoms with Crippen LogP contribution in [0.4, 0.5) is 11.4 Å². The minimum absolute atomic E-state index is 0.00405. The first-order valence-electron chi connectivity index (χ1n) is 48.9. The summed E-state index contributed by atoms with van der Waals surface area (Å²) >= 11 is 0.783. The molecule has 2 bridgehead atoms. The van der Waals surface area contributed by atoms with Crippen molar-refractivity contribution in [3.63, 3.8) is 0 Å². The fourth-order valence-corrected chi connectivity index (χ4v) is 21.0. The number of nitrogens with two attached hydrogens (primary N) is 4. The Kier molecular flexibility index (Phi) is 53.5. The van der Waals surface area contributed by atoms with Crippen molar-refractivity contribution in [3.8, 4) is 0 Å². The highest BCUT2D eigenvalue weighted by atomic mass is 33.1. The fraction of sp³-hybridized carbons (Fsp3) is 0.526. The number of nitrogens with one attached hydrogen (secondary N) is 16. The molecule has 51 heteroatoms. The summed E-state index contributed by atoms with van der Waals surface area (Å²) in [6.45, 7) is 2.49. The molecule has 0 spiro atoms. The molecule has 27 N–H and O–H groups in total. The van der Waals surface area contributed by atoms with Gasteiger partial charge in [-0.3, -0.25) is 106 Å². The first-order chi connectivity index (χ1) is 70.5. The molecule has 2 heterocycles. The Labute approximate surface area is 869 Å². The second kappa shape index (κ2) is 64.7. The van der Waals surface area contributed by atoms with Crippen LogP contribution in [0.1, 0.15) is 166 Å². The Morgan fingerprint density at radius 3 is 1.55 bits per heavy atom. The van der Waals surface area contributed by atoms with Crippen LogP contribution in [0, 0.1) is 29.1 Å². The smallest absolute Gasteiger partial charge is 0.304 e. The SMILES string of the molecule is N=C(N)NCCC[C@@H]1CC(=O)[C@@H]2CSSC[C@H](NC(=O)[C@H](CC(=O)O)CC(=O)CNC1=O)C(=O)C[C@@H](Cc1ccccc1)C(=O)N[C@H](C(=O)CCC(=O)N[C@H](CCCCNC(=O)CCCC(=O)CC(CNCCN)CNCCN)C(N)=O)CSCC(=O)N[C@@H](CCCCNC(=O)C(CCCCNC(=O)CCC(=O)Nc1ccc3c(S(=O)(=O)O)cccc3c1)NC(=O)CCC(=O)Nc1ccc3c(S(=O)(=O)O)cccc3c1)C(=O)N2. The Bertz CT molecular complexity index is 5700. The number of carboxylic acids is 1. The number of Topliss-reactive ketones (excluding diaryl/α,β-unsaturated/α-hetero) is 5. The second-order valence-electron chi connectivity index (χ2n) is 36.0. The number of aliphatic carboxylic acids is 1. The van der Waals surface area contributed by atoms with Crippen LogP contribution in [0.2, 0.25) is 0 Å². The molecule has 2 saturated heterocycles. The third-order valence-corrected chi connectivity index (χ3v) is 29.3. The molecule has 2 fully saturated rings. The maximum absolute atomic E-state index is 15.2. The van der Waals surface area contributed by atoms with Gasteiger partial charge in [-0.15, -0.1) is 11.8 Å². The van der Waals surface area contributed by atoms with Crippen molar-refractivity contribution in [3.05, 3.63) is 109 Å². The number of fused-ring (bicyclic) bond motifs is 7. The van der Waals surface area contributed by atoms with E-state index in [1.165, 1.54) is 60.7 Å². The molecule has 0 aromatic heterocycles. The maximum Gasteiger partial charge on any atom is 0.304 e. The van der Waals surface area contributed by atoms with Crippen molar-refractivity contribution in [2.45, 2.75) is 213 Å². The van der Waals surface area contributed by atoms with Gasteiger partial charge in [0.1, 0.15) is 33.7 Å². The molecule has 2 aliphatic heterocycles. The number of primary amides is 1. The van der Waals surface area contributed by atoms with Crippen LogP contribution in [-0.4, -0.2) is 280 Å². The summed E-state index contributed by atoms with van der Waals surface area (Å²) in [5.41, 5.74) is 23.5. The standard InChI is InChI=1S/C97H136N20O26S5/c98-36-42-103-52-60(53-104-43-37-99)45-68(118)19-12-25-83(123)105-38-7-4-20-72(91(100)132)112-87(127)31-30-78(120)75-55-144-58-89(129)114-74(96(137)117-77-57-146-145-56-76(80(122)50-64(93(134)115-75)44-59-14-2-1-3-15-59)116-94(135)65(51-90(130)131)48-69(119)54-109-92(133)63(49-79(77)121)18-13-41-108-97(101)102)22-6-9-40-107-95(136)73(113-88(128)35-34-86(126)111-67-27-29-71-62(47-67)17-11-24-82(71)148(141,142)143)21-5-8-39-106-84(124)32-33-85(125)110-66-26-28-70-61(46-66)16-10-23-81(70)147(138,139)140/h1-3,10-11,14-17,23-24,26-29,46-47,60,63-65,72-77,103-104H,4-9,12-13,18-22,25,30-45,48-58,98-99H2,(H2,100,132)(H,105,123)(H,106,124)(H,107,136)(H,109,133)(H,110,125)(H,111,126)(H,112,127)(H,113,128)(H,114,129)(H,115,134)(H,116,135)(H,117,137)(H,130,131)(H4,101,102,108)(H,138,139,140)(H,141,142,143)/t63-,64-,65+,72-,73?,74+,75+,76+,77+/m1/s1. The van der Waals surface area contributed by atoms with E-state index in [0.29, 0.717) is 74.9 Å². The van der Waals surface area contributed by atoms with Gasteiger partial charge in [0.2, 0.25) is 76.8 Å². The van der Waals surface area contributed by atoms with Crippen LogP contribution in [0.25, 0.3) is 21.5 Å². The Morgan fingerprint density at radius 1 is 0.480 bits per heavy atom. The van der Waals surface area contributed by atoms with E-state index in [4.69, 9.17) is 28.3 Å². The lowest BCUT2D eigenvalue weighted by molar-refractivity contribution is -0.142. The normalized spacial score (nSPS) is 18.1. The Morgan fingerprint density at radius 2 is 0.993 bits per heavy atom. The number of guanidine groups is 1. The summed E-state index contributed by atoms with van der Waals surface area (Å²) in [5, 5.41) is 59.9. The number of unbranched alkanes of at least 4 members (excludes halogenated alkanes) is 3. The van der Waals surface area contributed by atoms with Crippen LogP contribution < -0.4 is 103 Å². The number of rotatable bonds is 55. The molecule has 148 heavy (non-hydrogen) atoms. The number of anilines is 2. The van der Waals surface area contributed by atoms with E-state index in [-0.39, 0.29) is 184 Å². The van der Waals surface area contributed by atoms with Gasteiger partial charge >= 0.3 is 5.97 Å². The number of carbonyl (C=O) groups excluding carboxylic acids is 18. The van der Waals surface area contributed by atoms with Crippen molar-refractivity contribution in [2.24, 2.45) is 46.6 Å². The summed E-state index contributed by atoms with van der Waals surface area (Å²) < 4.78 is 67.6. The van der Waals surface area contributed by atoms with Gasteiger partial charge in [0, 0.05) is 181 Å². The van der Waals surface area contributed by atoms with Crippen LogP contribution in [0.5, 0.6) is 0 Å². The van der Waals surface area contributed by atoms with E-state index in [0.717, 1.165) is 33.3 Å². The third kappa shape index (κ3) is 46.1. The molecule has 46 nitrogen and oxygen atoms in total. The van der Waals surface area contributed by atoms with Gasteiger partial charge in [-0.05, 0) is 155 Å². The van der Waals surface area contributed by atoms with Crippen LogP contribution >= 0.6 is 33.3 Å². The zero-order chi connectivity index (χ0) is 108. The van der Waals surface area contributed by atoms with Gasteiger partial charge in [-0.2, -0.15) is 16.8 Å². The lowest BCUT2D eigenvalue weighted by atomic mass is 9.90. The summed E-state index contributed by atoms with van der Waals surface area (Å²) in [5.74, 6) is -21.0. The average Bonchev–Trinajstić information content (AvgIpc) is 0.794. The monoisotopic (exact) mass is 2160 g/mol. The second-order valence-corrected chi connectivity index (χ2v) is 42.4. The highest BCUT2D eigenvalue weighted by Crippen LogP contribution is 2.31.